The normalized spacial score (nSPS) is 16.7. The van der Waals surface area contributed by atoms with Gasteiger partial charge in [0, 0.05) is 26.2 Å². The molecule has 2 N–H and O–H groups in total. The van der Waals surface area contributed by atoms with E-state index in [0.717, 1.165) is 44.3 Å². The van der Waals surface area contributed by atoms with Crippen LogP contribution in [-0.2, 0) is 6.42 Å². The van der Waals surface area contributed by atoms with Crippen LogP contribution in [0.2, 0.25) is 0 Å². The lowest BCUT2D eigenvalue weighted by atomic mass is 10.1. The van der Waals surface area contributed by atoms with E-state index in [4.69, 9.17) is 9.73 Å². The van der Waals surface area contributed by atoms with Gasteiger partial charge in [-0.2, -0.15) is 0 Å². The van der Waals surface area contributed by atoms with Gasteiger partial charge in [-0.1, -0.05) is 19.1 Å². The Bertz CT molecular complexity index is 509. The molecule has 0 aromatic heterocycles. The average molecular weight is 347 g/mol. The van der Waals surface area contributed by atoms with Crippen LogP contribution < -0.4 is 15.4 Å². The fourth-order valence-electron chi connectivity index (χ4n) is 3.17. The topological polar surface area (TPSA) is 48.9 Å². The van der Waals surface area contributed by atoms with E-state index >= 15 is 0 Å². The monoisotopic (exact) mass is 346 g/mol. The van der Waals surface area contributed by atoms with Gasteiger partial charge in [-0.05, 0) is 62.9 Å². The molecule has 1 aromatic rings. The molecule has 1 fully saturated rings. The number of benzene rings is 1. The molecular weight excluding hydrogens is 312 g/mol. The molecule has 5 nitrogen and oxygen atoms in total. The number of hydrogen-bond donors (Lipinski definition) is 2. The van der Waals surface area contributed by atoms with Crippen LogP contribution in [0.5, 0.6) is 5.75 Å². The Balaban J connectivity index is 1.74. The zero-order valence-corrected chi connectivity index (χ0v) is 16.1. The number of likely N-dealkylation sites (tertiary alicyclic amines) is 1. The van der Waals surface area contributed by atoms with Crippen LogP contribution in [0.15, 0.2) is 29.3 Å². The summed E-state index contributed by atoms with van der Waals surface area (Å²) in [6, 6.07) is 8.24. The molecule has 5 heteroatoms. The Morgan fingerprint density at radius 2 is 1.92 bits per heavy atom. The van der Waals surface area contributed by atoms with Crippen LogP contribution in [0.1, 0.15) is 32.3 Å². The standard InChI is InChI=1S/C20H34N4O/c1-4-21-20(23-15-17(2)16-24-13-5-6-14-24)22-12-11-18-7-9-19(25-3)10-8-18/h7-10,17H,4-6,11-16H2,1-3H3,(H2,21,22,23). The maximum atomic E-state index is 5.20. The van der Waals surface area contributed by atoms with Crippen molar-refractivity contribution in [3.8, 4) is 5.75 Å². The molecule has 1 aliphatic rings. The summed E-state index contributed by atoms with van der Waals surface area (Å²) in [7, 11) is 1.69. The Morgan fingerprint density at radius 3 is 2.56 bits per heavy atom. The SMILES string of the molecule is CCNC(=NCC(C)CN1CCCC1)NCCc1ccc(OC)cc1. The van der Waals surface area contributed by atoms with E-state index in [1.165, 1.54) is 31.5 Å². The highest BCUT2D eigenvalue weighted by Gasteiger charge is 2.14. The summed E-state index contributed by atoms with van der Waals surface area (Å²) in [6.45, 7) is 10.7. The van der Waals surface area contributed by atoms with Gasteiger partial charge < -0.3 is 20.3 Å². The van der Waals surface area contributed by atoms with Gasteiger partial charge >= 0.3 is 0 Å². The third-order valence-corrected chi connectivity index (χ3v) is 4.54. The smallest absolute Gasteiger partial charge is 0.191 e. The average Bonchev–Trinajstić information content (AvgIpc) is 3.13. The molecule has 0 bridgehead atoms. The number of nitrogens with zero attached hydrogens (tertiary/aromatic N) is 2. The molecule has 0 amide bonds. The summed E-state index contributed by atoms with van der Waals surface area (Å²) in [5.74, 6) is 2.41. The minimum absolute atomic E-state index is 0.593. The summed E-state index contributed by atoms with van der Waals surface area (Å²) in [5.41, 5.74) is 1.30. The van der Waals surface area contributed by atoms with Crippen molar-refractivity contribution in [3.05, 3.63) is 29.8 Å². The first-order valence-corrected chi connectivity index (χ1v) is 9.58. The van der Waals surface area contributed by atoms with Crippen LogP contribution in [-0.4, -0.2) is 57.2 Å². The highest BCUT2D eigenvalue weighted by molar-refractivity contribution is 5.79. The van der Waals surface area contributed by atoms with E-state index in [1.807, 2.05) is 12.1 Å². The molecule has 0 radical (unpaired) electrons. The second-order valence-electron chi connectivity index (χ2n) is 6.86. The zero-order chi connectivity index (χ0) is 17.9. The largest absolute Gasteiger partial charge is 0.497 e. The van der Waals surface area contributed by atoms with Crippen molar-refractivity contribution in [1.82, 2.24) is 15.5 Å². The van der Waals surface area contributed by atoms with E-state index in [0.29, 0.717) is 5.92 Å². The van der Waals surface area contributed by atoms with Crippen molar-refractivity contribution in [1.29, 1.82) is 0 Å². The van der Waals surface area contributed by atoms with Crippen molar-refractivity contribution >= 4 is 5.96 Å². The number of nitrogens with one attached hydrogen (secondary N) is 2. The third kappa shape index (κ3) is 7.34. The van der Waals surface area contributed by atoms with Gasteiger partial charge in [-0.25, -0.2) is 0 Å². The number of hydrogen-bond acceptors (Lipinski definition) is 3. The van der Waals surface area contributed by atoms with Gasteiger partial charge in [0.15, 0.2) is 5.96 Å². The molecule has 1 aliphatic heterocycles. The number of ether oxygens (including phenoxy) is 1. The van der Waals surface area contributed by atoms with Crippen LogP contribution in [0.25, 0.3) is 0 Å². The summed E-state index contributed by atoms with van der Waals surface area (Å²) < 4.78 is 5.20. The lowest BCUT2D eigenvalue weighted by molar-refractivity contribution is 0.291. The predicted octanol–water partition coefficient (Wildman–Crippen LogP) is 2.52. The number of guanidine groups is 1. The molecule has 140 valence electrons. The lowest BCUT2D eigenvalue weighted by Gasteiger charge is -2.19. The Morgan fingerprint density at radius 1 is 1.20 bits per heavy atom. The van der Waals surface area contributed by atoms with E-state index < -0.39 is 0 Å². The molecule has 0 saturated carbocycles. The molecule has 0 aliphatic carbocycles. The summed E-state index contributed by atoms with van der Waals surface area (Å²) in [5, 5.41) is 6.78. The van der Waals surface area contributed by atoms with Crippen LogP contribution in [0.4, 0.5) is 0 Å². The van der Waals surface area contributed by atoms with Crippen LogP contribution in [0, 0.1) is 5.92 Å². The Labute approximate surface area is 152 Å². The highest BCUT2D eigenvalue weighted by atomic mass is 16.5. The molecule has 1 saturated heterocycles. The first-order valence-electron chi connectivity index (χ1n) is 9.58. The number of rotatable bonds is 9. The highest BCUT2D eigenvalue weighted by Crippen LogP contribution is 2.11. The second kappa shape index (κ2) is 11.0. The van der Waals surface area contributed by atoms with E-state index in [9.17, 15) is 0 Å². The minimum atomic E-state index is 0.593. The number of aliphatic imine (C=N–C) groups is 1. The fraction of sp³-hybridized carbons (Fsp3) is 0.650. The molecule has 2 rings (SSSR count). The molecule has 1 aromatic carbocycles. The van der Waals surface area contributed by atoms with Gasteiger partial charge in [-0.3, -0.25) is 4.99 Å². The summed E-state index contributed by atoms with van der Waals surface area (Å²) in [4.78, 5) is 7.32. The van der Waals surface area contributed by atoms with Crippen LogP contribution in [0.3, 0.4) is 0 Å². The lowest BCUT2D eigenvalue weighted by Crippen LogP contribution is -2.39. The second-order valence-corrected chi connectivity index (χ2v) is 6.86. The first-order chi connectivity index (χ1) is 12.2. The number of methoxy groups -OCH3 is 1. The molecule has 25 heavy (non-hydrogen) atoms. The molecule has 1 unspecified atom stereocenters. The van der Waals surface area contributed by atoms with E-state index in [2.05, 4.69) is 41.5 Å². The Hall–Kier alpha value is -1.75. The van der Waals surface area contributed by atoms with Crippen molar-refractivity contribution < 1.29 is 4.74 Å². The van der Waals surface area contributed by atoms with Gasteiger partial charge in [0.05, 0.1) is 7.11 Å². The summed E-state index contributed by atoms with van der Waals surface area (Å²) >= 11 is 0. The quantitative estimate of drug-likeness (QED) is 0.533. The predicted molar refractivity (Wildman–Crippen MR) is 106 cm³/mol. The zero-order valence-electron chi connectivity index (χ0n) is 16.1. The molecular formula is C20H34N4O. The first kappa shape index (κ1) is 19.6. The van der Waals surface area contributed by atoms with E-state index in [-0.39, 0.29) is 0 Å². The van der Waals surface area contributed by atoms with Gasteiger partial charge in [0.1, 0.15) is 5.75 Å². The van der Waals surface area contributed by atoms with Gasteiger partial charge in [-0.15, -0.1) is 0 Å². The third-order valence-electron chi connectivity index (χ3n) is 4.54. The fourth-order valence-corrected chi connectivity index (χ4v) is 3.17. The van der Waals surface area contributed by atoms with Crippen molar-refractivity contribution in [2.45, 2.75) is 33.1 Å². The van der Waals surface area contributed by atoms with Crippen molar-refractivity contribution in [3.63, 3.8) is 0 Å². The van der Waals surface area contributed by atoms with Gasteiger partial charge in [0.2, 0.25) is 0 Å². The van der Waals surface area contributed by atoms with E-state index in [1.54, 1.807) is 7.11 Å². The van der Waals surface area contributed by atoms with Crippen LogP contribution >= 0.6 is 0 Å². The minimum Gasteiger partial charge on any atom is -0.497 e. The van der Waals surface area contributed by atoms with Crippen molar-refractivity contribution in [2.24, 2.45) is 10.9 Å². The molecule has 1 atom stereocenters. The van der Waals surface area contributed by atoms with Gasteiger partial charge in [0.25, 0.3) is 0 Å². The summed E-state index contributed by atoms with van der Waals surface area (Å²) in [6.07, 6.45) is 3.68. The molecule has 1 heterocycles. The molecule has 0 spiro atoms. The Kier molecular flexibility index (Phi) is 8.60. The van der Waals surface area contributed by atoms with Crippen molar-refractivity contribution in [2.75, 3.05) is 46.4 Å². The maximum absolute atomic E-state index is 5.20. The maximum Gasteiger partial charge on any atom is 0.191 e.